The summed E-state index contributed by atoms with van der Waals surface area (Å²) in [5.74, 6) is 1.69. The molecule has 0 atom stereocenters. The molecule has 0 aliphatic carbocycles. The second kappa shape index (κ2) is 5.57. The van der Waals surface area contributed by atoms with Crippen LogP contribution in [0.4, 0.5) is 0 Å². The fourth-order valence-corrected chi connectivity index (χ4v) is 1.89. The zero-order valence-electron chi connectivity index (χ0n) is 11.2. The lowest BCUT2D eigenvalue weighted by Crippen LogP contribution is -2.11. The second-order valence-electron chi connectivity index (χ2n) is 4.50. The quantitative estimate of drug-likeness (QED) is 0.646. The molecule has 3 nitrogen and oxygen atoms in total. The smallest absolute Gasteiger partial charge is 0.130 e. The summed E-state index contributed by atoms with van der Waals surface area (Å²) in [5, 5.41) is 7.41. The minimum atomic E-state index is 0.0719. The lowest BCUT2D eigenvalue weighted by Gasteiger charge is -2.10. The first-order valence-corrected chi connectivity index (χ1v) is 6.32. The van der Waals surface area contributed by atoms with Gasteiger partial charge in [0.05, 0.1) is 0 Å². The first kappa shape index (κ1) is 13.1. The average Bonchev–Trinajstić information content (AvgIpc) is 2.41. The maximum Gasteiger partial charge on any atom is 0.130 e. The van der Waals surface area contributed by atoms with Gasteiger partial charge in [-0.2, -0.15) is 0 Å². The Kier molecular flexibility index (Phi) is 3.85. The number of hydrogen-bond acceptors (Lipinski definition) is 2. The third-order valence-electron chi connectivity index (χ3n) is 3.02. The van der Waals surface area contributed by atoms with Crippen LogP contribution in [0, 0.1) is 12.3 Å². The molecule has 2 aromatic rings. The van der Waals surface area contributed by atoms with Gasteiger partial charge in [0.15, 0.2) is 0 Å². The van der Waals surface area contributed by atoms with E-state index in [4.69, 9.17) is 15.9 Å². The van der Waals surface area contributed by atoms with E-state index in [0.717, 1.165) is 23.5 Å². The third kappa shape index (κ3) is 3.13. The van der Waals surface area contributed by atoms with Crippen LogP contribution in [0.15, 0.2) is 42.5 Å². The molecule has 0 saturated heterocycles. The second-order valence-corrected chi connectivity index (χ2v) is 4.50. The van der Waals surface area contributed by atoms with Gasteiger partial charge >= 0.3 is 0 Å². The summed E-state index contributed by atoms with van der Waals surface area (Å²) in [6, 6.07) is 13.6. The van der Waals surface area contributed by atoms with Crippen molar-refractivity contribution in [3.05, 3.63) is 59.2 Å². The highest BCUT2D eigenvalue weighted by molar-refractivity contribution is 5.95. The molecule has 2 rings (SSSR count). The highest BCUT2D eigenvalue weighted by Crippen LogP contribution is 2.26. The summed E-state index contributed by atoms with van der Waals surface area (Å²) >= 11 is 0. The Balaban J connectivity index is 2.25. The summed E-state index contributed by atoms with van der Waals surface area (Å²) in [7, 11) is 0. The molecule has 3 N–H and O–H groups in total. The Morgan fingerprint density at radius 3 is 2.63 bits per heavy atom. The van der Waals surface area contributed by atoms with Crippen molar-refractivity contribution < 1.29 is 4.74 Å². The first-order chi connectivity index (χ1) is 9.10. The number of amidine groups is 1. The van der Waals surface area contributed by atoms with Crippen LogP contribution in [0.1, 0.15) is 23.6 Å². The predicted octanol–water partition coefficient (Wildman–Crippen LogP) is 3.63. The van der Waals surface area contributed by atoms with E-state index >= 15 is 0 Å². The zero-order chi connectivity index (χ0) is 13.8. The van der Waals surface area contributed by atoms with E-state index in [2.05, 4.69) is 13.0 Å². The molecule has 0 heterocycles. The van der Waals surface area contributed by atoms with E-state index in [9.17, 15) is 0 Å². The van der Waals surface area contributed by atoms with Crippen LogP contribution in [0.2, 0.25) is 0 Å². The number of nitrogens with two attached hydrogens (primary N) is 1. The fourth-order valence-electron chi connectivity index (χ4n) is 1.89. The Morgan fingerprint density at radius 2 is 2.00 bits per heavy atom. The number of aryl methyl sites for hydroxylation is 2. The Hall–Kier alpha value is -2.29. The zero-order valence-corrected chi connectivity index (χ0v) is 11.2. The molecule has 0 bridgehead atoms. The normalized spacial score (nSPS) is 10.2. The van der Waals surface area contributed by atoms with Crippen molar-refractivity contribution in [1.29, 1.82) is 5.41 Å². The Morgan fingerprint density at radius 1 is 1.21 bits per heavy atom. The van der Waals surface area contributed by atoms with E-state index < -0.39 is 0 Å². The van der Waals surface area contributed by atoms with E-state index in [-0.39, 0.29) is 5.84 Å². The van der Waals surface area contributed by atoms with Gasteiger partial charge in [0, 0.05) is 5.56 Å². The van der Waals surface area contributed by atoms with Gasteiger partial charge in [0.1, 0.15) is 17.3 Å². The van der Waals surface area contributed by atoms with Crippen molar-refractivity contribution >= 4 is 5.84 Å². The molecule has 0 radical (unpaired) electrons. The molecule has 0 saturated carbocycles. The molecule has 0 aliphatic heterocycles. The van der Waals surface area contributed by atoms with Crippen molar-refractivity contribution in [1.82, 2.24) is 0 Å². The summed E-state index contributed by atoms with van der Waals surface area (Å²) in [5.41, 5.74) is 8.39. The Labute approximate surface area is 113 Å². The summed E-state index contributed by atoms with van der Waals surface area (Å²) in [6.45, 7) is 4.07. The highest BCUT2D eigenvalue weighted by Gasteiger charge is 2.04. The van der Waals surface area contributed by atoms with E-state index in [1.54, 1.807) is 6.07 Å². The molecular formula is C16H18N2O. The number of ether oxygens (including phenoxy) is 1. The topological polar surface area (TPSA) is 59.1 Å². The number of nitrogens with one attached hydrogen (secondary N) is 1. The number of rotatable bonds is 4. The van der Waals surface area contributed by atoms with Crippen molar-refractivity contribution in [3.63, 3.8) is 0 Å². The van der Waals surface area contributed by atoms with E-state index in [1.807, 2.05) is 37.3 Å². The predicted molar refractivity (Wildman–Crippen MR) is 78.1 cm³/mol. The molecule has 0 amide bonds. The molecule has 0 fully saturated rings. The van der Waals surface area contributed by atoms with Gasteiger partial charge in [0.2, 0.25) is 0 Å². The minimum absolute atomic E-state index is 0.0719. The van der Waals surface area contributed by atoms with Crippen molar-refractivity contribution in [3.8, 4) is 11.5 Å². The average molecular weight is 254 g/mol. The van der Waals surface area contributed by atoms with Crippen molar-refractivity contribution in [2.24, 2.45) is 5.73 Å². The van der Waals surface area contributed by atoms with Gasteiger partial charge in [-0.1, -0.05) is 19.1 Å². The maximum atomic E-state index is 7.41. The van der Waals surface area contributed by atoms with Crippen LogP contribution < -0.4 is 10.5 Å². The summed E-state index contributed by atoms with van der Waals surface area (Å²) in [4.78, 5) is 0. The van der Waals surface area contributed by atoms with Crippen LogP contribution >= 0.6 is 0 Å². The van der Waals surface area contributed by atoms with Crippen LogP contribution in [-0.2, 0) is 6.42 Å². The third-order valence-corrected chi connectivity index (χ3v) is 3.02. The minimum Gasteiger partial charge on any atom is -0.457 e. The van der Waals surface area contributed by atoms with Gasteiger partial charge in [0.25, 0.3) is 0 Å². The number of hydrogen-bond donors (Lipinski definition) is 2. The largest absolute Gasteiger partial charge is 0.457 e. The lowest BCUT2D eigenvalue weighted by atomic mass is 10.1. The van der Waals surface area contributed by atoms with Gasteiger partial charge in [-0.3, -0.25) is 5.41 Å². The van der Waals surface area contributed by atoms with Crippen LogP contribution in [0.25, 0.3) is 0 Å². The standard InChI is InChI=1S/C16H18N2O/c1-3-12-5-4-6-14(10-12)19-15-8-7-13(16(17)18)9-11(15)2/h4-10H,3H2,1-2H3,(H3,17,18). The van der Waals surface area contributed by atoms with Crippen LogP contribution in [0.3, 0.4) is 0 Å². The lowest BCUT2D eigenvalue weighted by molar-refractivity contribution is 0.478. The molecule has 0 unspecified atom stereocenters. The summed E-state index contributed by atoms with van der Waals surface area (Å²) in [6.07, 6.45) is 0.986. The molecule has 98 valence electrons. The maximum absolute atomic E-state index is 7.41. The number of benzene rings is 2. The van der Waals surface area contributed by atoms with Gasteiger partial charge in [-0.25, -0.2) is 0 Å². The molecule has 0 aromatic heterocycles. The molecule has 0 spiro atoms. The Bertz CT molecular complexity index is 605. The first-order valence-electron chi connectivity index (χ1n) is 6.32. The number of nitrogen functional groups attached to an aromatic ring is 1. The van der Waals surface area contributed by atoms with Crippen LogP contribution in [0.5, 0.6) is 11.5 Å². The SMILES string of the molecule is CCc1cccc(Oc2ccc(C(=N)N)cc2C)c1. The highest BCUT2D eigenvalue weighted by atomic mass is 16.5. The molecule has 3 heteroatoms. The molecule has 2 aromatic carbocycles. The van der Waals surface area contributed by atoms with Crippen LogP contribution in [-0.4, -0.2) is 5.84 Å². The van der Waals surface area contributed by atoms with E-state index in [1.165, 1.54) is 5.56 Å². The van der Waals surface area contributed by atoms with Gasteiger partial charge < -0.3 is 10.5 Å². The molecule has 0 aliphatic rings. The van der Waals surface area contributed by atoms with Gasteiger partial charge in [-0.15, -0.1) is 0 Å². The summed E-state index contributed by atoms with van der Waals surface area (Å²) < 4.78 is 5.88. The van der Waals surface area contributed by atoms with Crippen molar-refractivity contribution in [2.75, 3.05) is 0 Å². The van der Waals surface area contributed by atoms with E-state index in [0.29, 0.717) is 5.56 Å². The molecular weight excluding hydrogens is 236 g/mol. The van der Waals surface area contributed by atoms with Gasteiger partial charge in [-0.05, 0) is 54.8 Å². The van der Waals surface area contributed by atoms with Crippen molar-refractivity contribution in [2.45, 2.75) is 20.3 Å². The monoisotopic (exact) mass is 254 g/mol. The molecule has 19 heavy (non-hydrogen) atoms. The fraction of sp³-hybridized carbons (Fsp3) is 0.188.